The van der Waals surface area contributed by atoms with Crippen LogP contribution in [0.4, 0.5) is 5.82 Å². The molecule has 0 aliphatic carbocycles. The highest BCUT2D eigenvalue weighted by molar-refractivity contribution is 6.00. The van der Waals surface area contributed by atoms with Gasteiger partial charge < -0.3 is 19.7 Å². The monoisotopic (exact) mass is 376 g/mol. The molecular weight excluding hydrogens is 356 g/mol. The zero-order valence-electron chi connectivity index (χ0n) is 15.4. The lowest BCUT2D eigenvalue weighted by molar-refractivity contribution is 0.0951. The van der Waals surface area contributed by atoms with E-state index in [1.54, 1.807) is 12.4 Å². The molecule has 2 aliphatic rings. The van der Waals surface area contributed by atoms with Gasteiger partial charge in [0.2, 0.25) is 6.79 Å². The van der Waals surface area contributed by atoms with Gasteiger partial charge >= 0.3 is 0 Å². The van der Waals surface area contributed by atoms with Crippen molar-refractivity contribution in [3.8, 4) is 11.5 Å². The number of hydrogen-bond donors (Lipinski definition) is 1. The van der Waals surface area contributed by atoms with Gasteiger partial charge in [0.1, 0.15) is 12.1 Å². The Morgan fingerprint density at radius 3 is 2.79 bits per heavy atom. The van der Waals surface area contributed by atoms with Crippen molar-refractivity contribution in [1.29, 1.82) is 0 Å². The molecule has 5 rings (SSSR count). The molecular formula is C21H20N4O3. The summed E-state index contributed by atoms with van der Waals surface area (Å²) >= 11 is 0. The van der Waals surface area contributed by atoms with Gasteiger partial charge in [-0.25, -0.2) is 9.97 Å². The van der Waals surface area contributed by atoms with Crippen LogP contribution in [0.3, 0.4) is 0 Å². The number of anilines is 1. The van der Waals surface area contributed by atoms with Gasteiger partial charge in [-0.1, -0.05) is 6.07 Å². The van der Waals surface area contributed by atoms with E-state index in [1.807, 2.05) is 30.3 Å². The number of carbonyl (C=O) groups is 1. The Labute approximate surface area is 162 Å². The summed E-state index contributed by atoms with van der Waals surface area (Å²) in [5, 5.41) is 3.89. The second-order valence-electron chi connectivity index (χ2n) is 6.99. The van der Waals surface area contributed by atoms with Crippen LogP contribution in [0.1, 0.15) is 28.8 Å². The van der Waals surface area contributed by atoms with Crippen LogP contribution in [0.15, 0.2) is 42.7 Å². The van der Waals surface area contributed by atoms with Crippen LogP contribution < -0.4 is 19.7 Å². The van der Waals surface area contributed by atoms with Gasteiger partial charge in [-0.15, -0.1) is 0 Å². The van der Waals surface area contributed by atoms with Crippen molar-refractivity contribution in [2.75, 3.05) is 24.8 Å². The normalized spacial score (nSPS) is 15.2. The van der Waals surface area contributed by atoms with Crippen LogP contribution in [0, 0.1) is 0 Å². The average Bonchev–Trinajstić information content (AvgIpc) is 3.42. The number of fused-ring (bicyclic) bond motifs is 2. The fourth-order valence-corrected chi connectivity index (χ4v) is 3.70. The van der Waals surface area contributed by atoms with Crippen molar-refractivity contribution in [3.05, 3.63) is 53.9 Å². The van der Waals surface area contributed by atoms with Gasteiger partial charge in [0.05, 0.1) is 5.52 Å². The maximum atomic E-state index is 12.7. The third-order valence-electron chi connectivity index (χ3n) is 5.17. The van der Waals surface area contributed by atoms with Gasteiger partial charge in [0.25, 0.3) is 5.91 Å². The third-order valence-corrected chi connectivity index (χ3v) is 5.17. The van der Waals surface area contributed by atoms with Crippen LogP contribution in [0.2, 0.25) is 0 Å². The predicted molar refractivity (Wildman–Crippen MR) is 105 cm³/mol. The Bertz CT molecular complexity index is 1050. The second kappa shape index (κ2) is 6.99. The summed E-state index contributed by atoms with van der Waals surface area (Å²) in [6.07, 6.45) is 3.93. The third kappa shape index (κ3) is 3.09. The number of rotatable bonds is 4. The Kier molecular flexibility index (Phi) is 4.20. The lowest BCUT2D eigenvalue weighted by Crippen LogP contribution is -2.23. The van der Waals surface area contributed by atoms with Crippen LogP contribution in [0.25, 0.3) is 10.9 Å². The van der Waals surface area contributed by atoms with Gasteiger partial charge in [-0.05, 0) is 48.7 Å². The number of carbonyl (C=O) groups excluding carboxylic acids is 1. The van der Waals surface area contributed by atoms with E-state index in [9.17, 15) is 4.79 Å². The molecule has 7 heteroatoms. The van der Waals surface area contributed by atoms with Gasteiger partial charge in [-0.2, -0.15) is 0 Å². The maximum Gasteiger partial charge on any atom is 0.251 e. The van der Waals surface area contributed by atoms with Crippen molar-refractivity contribution < 1.29 is 14.3 Å². The Morgan fingerprint density at radius 1 is 1.04 bits per heavy atom. The zero-order chi connectivity index (χ0) is 18.9. The number of ether oxygens (including phenoxy) is 2. The summed E-state index contributed by atoms with van der Waals surface area (Å²) < 4.78 is 10.7. The molecule has 1 fully saturated rings. The molecule has 28 heavy (non-hydrogen) atoms. The zero-order valence-corrected chi connectivity index (χ0v) is 15.4. The number of hydrogen-bond acceptors (Lipinski definition) is 6. The fraction of sp³-hybridized carbons (Fsp3) is 0.286. The average molecular weight is 376 g/mol. The minimum absolute atomic E-state index is 0.129. The maximum absolute atomic E-state index is 12.7. The highest BCUT2D eigenvalue weighted by Crippen LogP contribution is 2.32. The summed E-state index contributed by atoms with van der Waals surface area (Å²) in [6, 6.07) is 11.2. The summed E-state index contributed by atoms with van der Waals surface area (Å²) in [4.78, 5) is 23.8. The Hall–Kier alpha value is -3.35. The summed E-state index contributed by atoms with van der Waals surface area (Å²) in [7, 11) is 0. The van der Waals surface area contributed by atoms with Crippen LogP contribution in [0.5, 0.6) is 11.5 Å². The lowest BCUT2D eigenvalue weighted by atomic mass is 10.1. The minimum Gasteiger partial charge on any atom is -0.454 e. The molecule has 2 aliphatic heterocycles. The minimum atomic E-state index is -0.129. The predicted octanol–water partition coefficient (Wildman–Crippen LogP) is 2.89. The van der Waals surface area contributed by atoms with E-state index in [0.29, 0.717) is 17.9 Å². The SMILES string of the molecule is O=C(NCc1ccc2c(c1)OCO2)c1ccc2ncnc(N3CCCC3)c2c1. The number of nitrogens with one attached hydrogen (secondary N) is 1. The molecule has 2 aromatic carbocycles. The number of aromatic nitrogens is 2. The summed E-state index contributed by atoms with van der Waals surface area (Å²) in [5.74, 6) is 2.23. The first kappa shape index (κ1) is 16.8. The van der Waals surface area contributed by atoms with E-state index in [-0.39, 0.29) is 12.7 Å². The van der Waals surface area contributed by atoms with Crippen LogP contribution >= 0.6 is 0 Å². The molecule has 3 aromatic rings. The topological polar surface area (TPSA) is 76.6 Å². The molecule has 0 saturated carbocycles. The molecule has 0 bridgehead atoms. The quantitative estimate of drug-likeness (QED) is 0.755. The summed E-state index contributed by atoms with van der Waals surface area (Å²) in [6.45, 7) is 2.64. The van der Waals surface area contributed by atoms with Gasteiger partial charge in [-0.3, -0.25) is 4.79 Å². The largest absolute Gasteiger partial charge is 0.454 e. The van der Waals surface area contributed by atoms with E-state index < -0.39 is 0 Å². The molecule has 1 aromatic heterocycles. The van der Waals surface area contributed by atoms with Crippen LogP contribution in [-0.2, 0) is 6.54 Å². The second-order valence-corrected chi connectivity index (χ2v) is 6.99. The molecule has 142 valence electrons. The molecule has 0 unspecified atom stereocenters. The summed E-state index contributed by atoms with van der Waals surface area (Å²) in [5.41, 5.74) is 2.41. The van der Waals surface area contributed by atoms with Gasteiger partial charge in [0.15, 0.2) is 11.5 Å². The highest BCUT2D eigenvalue weighted by Gasteiger charge is 2.18. The van der Waals surface area contributed by atoms with Crippen molar-refractivity contribution in [2.45, 2.75) is 19.4 Å². The molecule has 0 atom stereocenters. The molecule has 1 saturated heterocycles. The van der Waals surface area contributed by atoms with Gasteiger partial charge in [0, 0.05) is 30.6 Å². The van der Waals surface area contributed by atoms with Crippen molar-refractivity contribution in [1.82, 2.24) is 15.3 Å². The van der Waals surface area contributed by atoms with E-state index in [1.165, 1.54) is 12.8 Å². The number of benzene rings is 2. The van der Waals surface area contributed by atoms with E-state index >= 15 is 0 Å². The Morgan fingerprint density at radius 2 is 1.89 bits per heavy atom. The molecule has 0 radical (unpaired) electrons. The van der Waals surface area contributed by atoms with E-state index in [4.69, 9.17) is 9.47 Å². The molecule has 3 heterocycles. The number of amides is 1. The first-order chi connectivity index (χ1) is 13.8. The lowest BCUT2D eigenvalue weighted by Gasteiger charge is -2.18. The van der Waals surface area contributed by atoms with Crippen molar-refractivity contribution in [2.24, 2.45) is 0 Å². The first-order valence-corrected chi connectivity index (χ1v) is 9.44. The molecule has 1 amide bonds. The van der Waals surface area contributed by atoms with Crippen molar-refractivity contribution >= 4 is 22.6 Å². The van der Waals surface area contributed by atoms with E-state index in [2.05, 4.69) is 20.2 Å². The van der Waals surface area contributed by atoms with E-state index in [0.717, 1.165) is 41.1 Å². The molecule has 1 N–H and O–H groups in total. The van der Waals surface area contributed by atoms with Crippen LogP contribution in [-0.4, -0.2) is 35.8 Å². The smallest absolute Gasteiger partial charge is 0.251 e. The highest BCUT2D eigenvalue weighted by atomic mass is 16.7. The molecule has 0 spiro atoms. The standard InChI is InChI=1S/C21H20N4O3/c26-21(22-11-14-3-6-18-19(9-14)28-13-27-18)15-4-5-17-16(10-15)20(24-12-23-17)25-7-1-2-8-25/h3-6,9-10,12H,1-2,7-8,11,13H2,(H,22,26). The number of nitrogens with zero attached hydrogens (tertiary/aromatic N) is 3. The Balaban J connectivity index is 1.36. The van der Waals surface area contributed by atoms with Crippen molar-refractivity contribution in [3.63, 3.8) is 0 Å². The first-order valence-electron chi connectivity index (χ1n) is 9.44. The molecule has 7 nitrogen and oxygen atoms in total. The fourth-order valence-electron chi connectivity index (χ4n) is 3.70.